The monoisotopic (exact) mass is 262 g/mol. The number of non-ortho nitro benzene ring substituents is 1. The first kappa shape index (κ1) is 13.1. The van der Waals surface area contributed by atoms with Gasteiger partial charge in [-0.1, -0.05) is 12.1 Å². The van der Waals surface area contributed by atoms with Crippen molar-refractivity contribution in [2.24, 2.45) is 0 Å². The van der Waals surface area contributed by atoms with Crippen molar-refractivity contribution in [2.45, 2.75) is 19.8 Å². The second kappa shape index (κ2) is 5.51. The number of H-pyrrole nitrogens is 1. The van der Waals surface area contributed by atoms with Crippen LogP contribution < -0.4 is 0 Å². The molecule has 0 fully saturated rings. The minimum absolute atomic E-state index is 0.0416. The predicted octanol–water partition coefficient (Wildman–Crippen LogP) is 2.57. The number of aromatic amines is 1. The molecule has 2 rings (SSSR count). The Balaban J connectivity index is 2.24. The number of nitro benzene ring substituents is 1. The van der Waals surface area contributed by atoms with Crippen LogP contribution in [0.1, 0.15) is 18.9 Å². The van der Waals surface area contributed by atoms with Gasteiger partial charge < -0.3 is 9.72 Å². The number of fused-ring (bicyclic) bond motifs is 1. The van der Waals surface area contributed by atoms with Crippen LogP contribution in [0.3, 0.4) is 0 Å². The van der Waals surface area contributed by atoms with E-state index in [-0.39, 0.29) is 18.1 Å². The highest BCUT2D eigenvalue weighted by molar-refractivity contribution is 5.90. The fourth-order valence-corrected chi connectivity index (χ4v) is 2.03. The van der Waals surface area contributed by atoms with Crippen LogP contribution >= 0.6 is 0 Å². The van der Waals surface area contributed by atoms with Crippen molar-refractivity contribution in [1.29, 1.82) is 0 Å². The lowest BCUT2D eigenvalue weighted by Crippen LogP contribution is -2.04. The molecule has 6 heteroatoms. The first-order valence-electron chi connectivity index (χ1n) is 6.02. The van der Waals surface area contributed by atoms with Gasteiger partial charge in [-0.15, -0.1) is 0 Å². The van der Waals surface area contributed by atoms with Crippen molar-refractivity contribution in [3.63, 3.8) is 0 Å². The number of hydrogen-bond donors (Lipinski definition) is 1. The lowest BCUT2D eigenvalue weighted by Gasteiger charge is -2.01. The molecule has 0 atom stereocenters. The zero-order valence-electron chi connectivity index (χ0n) is 10.5. The number of hydrogen-bond acceptors (Lipinski definition) is 4. The number of esters is 1. The third-order valence-corrected chi connectivity index (χ3v) is 2.88. The smallest absolute Gasteiger partial charge is 0.306 e. The molecule has 1 heterocycles. The van der Waals surface area contributed by atoms with E-state index in [1.165, 1.54) is 6.07 Å². The molecule has 1 aromatic carbocycles. The third kappa shape index (κ3) is 2.73. The van der Waals surface area contributed by atoms with Gasteiger partial charge in [0, 0.05) is 24.1 Å². The van der Waals surface area contributed by atoms with Gasteiger partial charge in [0.05, 0.1) is 11.5 Å². The maximum atomic E-state index is 11.3. The molecule has 19 heavy (non-hydrogen) atoms. The van der Waals surface area contributed by atoms with Crippen LogP contribution in [0, 0.1) is 10.1 Å². The summed E-state index contributed by atoms with van der Waals surface area (Å²) in [4.78, 5) is 24.7. The number of aryl methyl sites for hydroxylation is 1. The predicted molar refractivity (Wildman–Crippen MR) is 69.9 cm³/mol. The van der Waals surface area contributed by atoms with Crippen molar-refractivity contribution in [2.75, 3.05) is 6.61 Å². The van der Waals surface area contributed by atoms with Gasteiger partial charge in [-0.3, -0.25) is 14.9 Å². The number of carbonyl (C=O) groups excluding carboxylic acids is 1. The van der Waals surface area contributed by atoms with Crippen LogP contribution in [-0.2, 0) is 16.0 Å². The molecule has 0 aliphatic heterocycles. The van der Waals surface area contributed by atoms with E-state index in [0.717, 1.165) is 10.9 Å². The molecule has 1 N–H and O–H groups in total. The van der Waals surface area contributed by atoms with Crippen LogP contribution in [0.15, 0.2) is 24.4 Å². The van der Waals surface area contributed by atoms with Gasteiger partial charge in [-0.2, -0.15) is 0 Å². The van der Waals surface area contributed by atoms with Gasteiger partial charge in [0.25, 0.3) is 5.69 Å². The Bertz CT molecular complexity index is 618. The van der Waals surface area contributed by atoms with Crippen LogP contribution in [0.2, 0.25) is 0 Å². The van der Waals surface area contributed by atoms with Crippen LogP contribution in [-0.4, -0.2) is 22.5 Å². The van der Waals surface area contributed by atoms with E-state index in [4.69, 9.17) is 4.74 Å². The largest absolute Gasteiger partial charge is 0.466 e. The Labute approximate surface area is 109 Å². The normalized spacial score (nSPS) is 10.6. The molecule has 1 aromatic heterocycles. The van der Waals surface area contributed by atoms with E-state index in [9.17, 15) is 14.9 Å². The highest BCUT2D eigenvalue weighted by atomic mass is 16.6. The summed E-state index contributed by atoms with van der Waals surface area (Å²) in [6.45, 7) is 2.12. The summed E-state index contributed by atoms with van der Waals surface area (Å²) in [7, 11) is 0. The Morgan fingerprint density at radius 3 is 2.95 bits per heavy atom. The number of nitrogens with one attached hydrogen (secondary N) is 1. The summed E-state index contributed by atoms with van der Waals surface area (Å²) >= 11 is 0. The van der Waals surface area contributed by atoms with Crippen LogP contribution in [0.5, 0.6) is 0 Å². The van der Waals surface area contributed by atoms with Crippen molar-refractivity contribution < 1.29 is 14.5 Å². The second-order valence-electron chi connectivity index (χ2n) is 4.08. The van der Waals surface area contributed by atoms with Crippen LogP contribution in [0.25, 0.3) is 10.9 Å². The number of benzene rings is 1. The summed E-state index contributed by atoms with van der Waals surface area (Å²) in [6, 6.07) is 4.90. The molecule has 0 amide bonds. The Kier molecular flexibility index (Phi) is 3.79. The number of ether oxygens (including phenoxy) is 1. The molecular weight excluding hydrogens is 248 g/mol. The van der Waals surface area contributed by atoms with Gasteiger partial charge in [0.2, 0.25) is 0 Å². The molecular formula is C13H14N2O4. The highest BCUT2D eigenvalue weighted by Gasteiger charge is 2.15. The minimum atomic E-state index is -0.423. The lowest BCUT2D eigenvalue weighted by molar-refractivity contribution is -0.383. The molecule has 0 aliphatic carbocycles. The standard InChI is InChI=1S/C13H14N2O4/c1-2-19-12(16)7-6-9-8-14-13-10(9)4-3-5-11(13)15(17)18/h3-5,8,14H,2,6-7H2,1H3. The van der Waals surface area contributed by atoms with E-state index in [0.29, 0.717) is 18.5 Å². The van der Waals surface area contributed by atoms with Gasteiger partial charge in [0.15, 0.2) is 0 Å². The number of carbonyl (C=O) groups is 1. The molecule has 0 bridgehead atoms. The van der Waals surface area contributed by atoms with Crippen molar-refractivity contribution in [3.05, 3.63) is 40.1 Å². The van der Waals surface area contributed by atoms with Gasteiger partial charge in [-0.05, 0) is 18.9 Å². The summed E-state index contributed by atoms with van der Waals surface area (Å²) < 4.78 is 4.86. The second-order valence-corrected chi connectivity index (χ2v) is 4.08. The minimum Gasteiger partial charge on any atom is -0.466 e. The van der Waals surface area contributed by atoms with E-state index in [2.05, 4.69) is 4.98 Å². The maximum Gasteiger partial charge on any atom is 0.306 e. The van der Waals surface area contributed by atoms with Crippen molar-refractivity contribution >= 4 is 22.6 Å². The van der Waals surface area contributed by atoms with E-state index in [1.807, 2.05) is 0 Å². The van der Waals surface area contributed by atoms with Gasteiger partial charge in [-0.25, -0.2) is 0 Å². The first-order valence-corrected chi connectivity index (χ1v) is 6.02. The summed E-state index contributed by atoms with van der Waals surface area (Å²) in [5.41, 5.74) is 1.41. The number of nitrogens with zero attached hydrogens (tertiary/aromatic N) is 1. The Hall–Kier alpha value is -2.37. The Morgan fingerprint density at radius 2 is 2.26 bits per heavy atom. The first-order chi connectivity index (χ1) is 9.13. The zero-order chi connectivity index (χ0) is 13.8. The van der Waals surface area contributed by atoms with Crippen LogP contribution in [0.4, 0.5) is 5.69 Å². The average molecular weight is 262 g/mol. The molecule has 0 aliphatic rings. The molecule has 0 spiro atoms. The summed E-state index contributed by atoms with van der Waals surface area (Å²) in [5.74, 6) is -0.262. The molecule has 6 nitrogen and oxygen atoms in total. The lowest BCUT2D eigenvalue weighted by atomic mass is 10.1. The maximum absolute atomic E-state index is 11.3. The molecule has 100 valence electrons. The van der Waals surface area contributed by atoms with Gasteiger partial charge in [0.1, 0.15) is 5.52 Å². The highest BCUT2D eigenvalue weighted by Crippen LogP contribution is 2.27. The summed E-state index contributed by atoms with van der Waals surface area (Å²) in [5, 5.41) is 11.7. The quantitative estimate of drug-likeness (QED) is 0.509. The fourth-order valence-electron chi connectivity index (χ4n) is 2.03. The van der Waals surface area contributed by atoms with Crippen molar-refractivity contribution in [1.82, 2.24) is 4.98 Å². The number of aromatic nitrogens is 1. The molecule has 0 unspecified atom stereocenters. The molecule has 0 saturated heterocycles. The SMILES string of the molecule is CCOC(=O)CCc1c[nH]c2c([N+](=O)[O-])cccc12. The van der Waals surface area contributed by atoms with E-state index < -0.39 is 4.92 Å². The van der Waals surface area contributed by atoms with Crippen molar-refractivity contribution in [3.8, 4) is 0 Å². The van der Waals surface area contributed by atoms with E-state index in [1.54, 1.807) is 25.3 Å². The molecule has 0 saturated carbocycles. The topological polar surface area (TPSA) is 85.2 Å². The summed E-state index contributed by atoms with van der Waals surface area (Å²) in [6.07, 6.45) is 2.47. The fraction of sp³-hybridized carbons (Fsp3) is 0.308. The third-order valence-electron chi connectivity index (χ3n) is 2.88. The average Bonchev–Trinajstić information content (AvgIpc) is 2.79. The number of rotatable bonds is 5. The zero-order valence-corrected chi connectivity index (χ0v) is 10.5. The molecule has 2 aromatic rings. The van der Waals surface area contributed by atoms with Gasteiger partial charge >= 0.3 is 5.97 Å². The molecule has 0 radical (unpaired) electrons. The number of nitro groups is 1. The Morgan fingerprint density at radius 1 is 1.47 bits per heavy atom. The number of para-hydroxylation sites is 1. The van der Waals surface area contributed by atoms with E-state index >= 15 is 0 Å².